The van der Waals surface area contributed by atoms with Crippen molar-refractivity contribution in [2.24, 2.45) is 0 Å². The van der Waals surface area contributed by atoms with Gasteiger partial charge in [0.05, 0.1) is 6.04 Å². The van der Waals surface area contributed by atoms with Gasteiger partial charge in [-0.15, -0.1) is 12.4 Å². The smallest absolute Gasteiger partial charge is 0.258 e. The Balaban J connectivity index is 0.00000261. The first-order valence-corrected chi connectivity index (χ1v) is 9.87. The van der Waals surface area contributed by atoms with E-state index in [1.165, 1.54) is 24.0 Å². The Morgan fingerprint density at radius 3 is 2.37 bits per heavy atom. The van der Waals surface area contributed by atoms with Crippen molar-refractivity contribution in [1.29, 1.82) is 0 Å². The SMILES string of the molecule is Cc1ccc(C(CNC(=O)COc2ccc(Br)cc2)N2CCCC2)cc1.Cl. The number of carbonyl (C=O) groups is 1. The number of amides is 1. The number of likely N-dealkylation sites (tertiary alicyclic amines) is 1. The van der Waals surface area contributed by atoms with Gasteiger partial charge >= 0.3 is 0 Å². The zero-order valence-electron chi connectivity index (χ0n) is 15.5. The summed E-state index contributed by atoms with van der Waals surface area (Å²) in [6.45, 7) is 4.90. The van der Waals surface area contributed by atoms with Crippen LogP contribution in [0.5, 0.6) is 5.75 Å². The molecule has 1 atom stereocenters. The molecule has 0 aliphatic carbocycles. The van der Waals surface area contributed by atoms with E-state index in [0.29, 0.717) is 12.3 Å². The number of hydrogen-bond donors (Lipinski definition) is 1. The van der Waals surface area contributed by atoms with E-state index in [-0.39, 0.29) is 31.0 Å². The van der Waals surface area contributed by atoms with Crippen LogP contribution in [0.2, 0.25) is 0 Å². The number of nitrogens with one attached hydrogen (secondary N) is 1. The summed E-state index contributed by atoms with van der Waals surface area (Å²) in [5.41, 5.74) is 2.51. The number of aryl methyl sites for hydroxylation is 1. The number of rotatable bonds is 7. The first-order valence-electron chi connectivity index (χ1n) is 9.07. The molecule has 1 fully saturated rings. The van der Waals surface area contributed by atoms with E-state index < -0.39 is 0 Å². The molecule has 27 heavy (non-hydrogen) atoms. The van der Waals surface area contributed by atoms with Crippen molar-refractivity contribution in [2.75, 3.05) is 26.2 Å². The summed E-state index contributed by atoms with van der Waals surface area (Å²) < 4.78 is 6.54. The standard InChI is InChI=1S/C21H25BrN2O2.ClH/c1-16-4-6-17(7-5-16)20(24-12-2-3-13-24)14-23-21(25)15-26-19-10-8-18(22)9-11-19;/h4-11,20H,2-3,12-15H2,1H3,(H,23,25);1H. The highest BCUT2D eigenvalue weighted by Gasteiger charge is 2.23. The molecule has 0 bridgehead atoms. The van der Waals surface area contributed by atoms with Crippen LogP contribution in [0.3, 0.4) is 0 Å². The minimum absolute atomic E-state index is 0. The molecule has 2 aromatic carbocycles. The minimum atomic E-state index is -0.0933. The van der Waals surface area contributed by atoms with Crippen molar-refractivity contribution in [1.82, 2.24) is 10.2 Å². The first kappa shape index (κ1) is 21.7. The number of halogens is 2. The van der Waals surface area contributed by atoms with Crippen LogP contribution in [-0.4, -0.2) is 37.0 Å². The van der Waals surface area contributed by atoms with Crippen molar-refractivity contribution < 1.29 is 9.53 Å². The summed E-state index contributed by atoms with van der Waals surface area (Å²) in [6, 6.07) is 16.3. The summed E-state index contributed by atoms with van der Waals surface area (Å²) >= 11 is 3.39. The third kappa shape index (κ3) is 6.52. The summed E-state index contributed by atoms with van der Waals surface area (Å²) in [7, 11) is 0. The topological polar surface area (TPSA) is 41.6 Å². The van der Waals surface area contributed by atoms with Gasteiger partial charge in [0.25, 0.3) is 5.91 Å². The highest BCUT2D eigenvalue weighted by Crippen LogP contribution is 2.25. The molecular formula is C21H26BrClN2O2. The van der Waals surface area contributed by atoms with Gasteiger partial charge in [-0.1, -0.05) is 45.8 Å². The Bertz CT molecular complexity index is 716. The Morgan fingerprint density at radius 2 is 1.74 bits per heavy atom. The maximum atomic E-state index is 12.2. The lowest BCUT2D eigenvalue weighted by molar-refractivity contribution is -0.123. The fourth-order valence-corrected chi connectivity index (χ4v) is 3.51. The first-order chi connectivity index (χ1) is 12.6. The van der Waals surface area contributed by atoms with Crippen molar-refractivity contribution in [2.45, 2.75) is 25.8 Å². The molecule has 0 aromatic heterocycles. The van der Waals surface area contributed by atoms with Crippen LogP contribution in [0.25, 0.3) is 0 Å². The van der Waals surface area contributed by atoms with Gasteiger partial charge in [-0.2, -0.15) is 0 Å². The molecule has 6 heteroatoms. The summed E-state index contributed by atoms with van der Waals surface area (Å²) in [5.74, 6) is 0.599. The number of hydrogen-bond acceptors (Lipinski definition) is 3. The highest BCUT2D eigenvalue weighted by molar-refractivity contribution is 9.10. The molecule has 3 rings (SSSR count). The monoisotopic (exact) mass is 452 g/mol. The van der Waals surface area contributed by atoms with E-state index in [4.69, 9.17) is 4.74 Å². The maximum Gasteiger partial charge on any atom is 0.258 e. The van der Waals surface area contributed by atoms with E-state index in [1.807, 2.05) is 24.3 Å². The molecule has 2 aromatic rings. The van der Waals surface area contributed by atoms with E-state index in [0.717, 1.165) is 17.6 Å². The second-order valence-electron chi connectivity index (χ2n) is 6.72. The van der Waals surface area contributed by atoms with Crippen LogP contribution < -0.4 is 10.1 Å². The maximum absolute atomic E-state index is 12.2. The predicted molar refractivity (Wildman–Crippen MR) is 115 cm³/mol. The molecule has 1 aliphatic rings. The van der Waals surface area contributed by atoms with Crippen molar-refractivity contribution in [3.05, 3.63) is 64.1 Å². The molecule has 146 valence electrons. The van der Waals surface area contributed by atoms with Crippen LogP contribution in [0, 0.1) is 6.92 Å². The summed E-state index contributed by atoms with van der Waals surface area (Å²) in [5, 5.41) is 3.04. The zero-order chi connectivity index (χ0) is 18.4. The summed E-state index contributed by atoms with van der Waals surface area (Å²) in [6.07, 6.45) is 2.45. The third-order valence-electron chi connectivity index (χ3n) is 4.72. The molecule has 1 amide bonds. The molecular weight excluding hydrogens is 428 g/mol. The van der Waals surface area contributed by atoms with Gasteiger partial charge in [0.15, 0.2) is 6.61 Å². The average molecular weight is 454 g/mol. The van der Waals surface area contributed by atoms with Gasteiger partial charge in [0.1, 0.15) is 5.75 Å². The van der Waals surface area contributed by atoms with Crippen molar-refractivity contribution in [3.63, 3.8) is 0 Å². The van der Waals surface area contributed by atoms with Crippen molar-refractivity contribution in [3.8, 4) is 5.75 Å². The number of nitrogens with zero attached hydrogens (tertiary/aromatic N) is 1. The Labute approximate surface area is 175 Å². The fraction of sp³-hybridized carbons (Fsp3) is 0.381. The second kappa shape index (κ2) is 10.7. The van der Waals surface area contributed by atoms with Gasteiger partial charge < -0.3 is 10.1 Å². The van der Waals surface area contributed by atoms with Crippen LogP contribution in [0.1, 0.15) is 30.0 Å². The Hall–Kier alpha value is -1.56. The van der Waals surface area contributed by atoms with E-state index in [2.05, 4.69) is 57.3 Å². The molecule has 4 nitrogen and oxygen atoms in total. The lowest BCUT2D eigenvalue weighted by Crippen LogP contribution is -2.38. The molecule has 1 N–H and O–H groups in total. The fourth-order valence-electron chi connectivity index (χ4n) is 3.24. The number of ether oxygens (including phenoxy) is 1. The van der Waals surface area contributed by atoms with Crippen LogP contribution >= 0.6 is 28.3 Å². The quantitative estimate of drug-likeness (QED) is 0.670. The van der Waals surface area contributed by atoms with Crippen LogP contribution in [0.4, 0.5) is 0 Å². The molecule has 0 spiro atoms. The zero-order valence-corrected chi connectivity index (χ0v) is 17.9. The molecule has 0 saturated carbocycles. The Kier molecular flexibility index (Phi) is 8.61. The largest absolute Gasteiger partial charge is 0.484 e. The minimum Gasteiger partial charge on any atom is -0.484 e. The molecule has 1 heterocycles. The van der Waals surface area contributed by atoms with Gasteiger partial charge in [-0.05, 0) is 62.7 Å². The van der Waals surface area contributed by atoms with Gasteiger partial charge in [-0.3, -0.25) is 9.69 Å². The highest BCUT2D eigenvalue weighted by atomic mass is 79.9. The Morgan fingerprint density at radius 1 is 1.11 bits per heavy atom. The molecule has 0 radical (unpaired) electrons. The number of benzene rings is 2. The molecule has 1 unspecified atom stereocenters. The van der Waals surface area contributed by atoms with Crippen molar-refractivity contribution >= 4 is 34.2 Å². The third-order valence-corrected chi connectivity index (χ3v) is 5.25. The normalized spacial score (nSPS) is 15.0. The molecule has 1 aliphatic heterocycles. The molecule has 1 saturated heterocycles. The lowest BCUT2D eigenvalue weighted by Gasteiger charge is -2.28. The van der Waals surface area contributed by atoms with E-state index in [9.17, 15) is 4.79 Å². The van der Waals surface area contributed by atoms with Crippen LogP contribution in [-0.2, 0) is 4.79 Å². The van der Waals surface area contributed by atoms with Gasteiger partial charge in [0.2, 0.25) is 0 Å². The van der Waals surface area contributed by atoms with E-state index >= 15 is 0 Å². The average Bonchev–Trinajstić information content (AvgIpc) is 3.17. The van der Waals surface area contributed by atoms with Crippen LogP contribution in [0.15, 0.2) is 53.0 Å². The lowest BCUT2D eigenvalue weighted by atomic mass is 10.0. The predicted octanol–water partition coefficient (Wildman–Crippen LogP) is 4.51. The van der Waals surface area contributed by atoms with E-state index in [1.54, 1.807) is 0 Å². The summed E-state index contributed by atoms with van der Waals surface area (Å²) in [4.78, 5) is 14.7. The second-order valence-corrected chi connectivity index (χ2v) is 7.63. The van der Waals surface area contributed by atoms with Gasteiger partial charge in [0, 0.05) is 11.0 Å². The van der Waals surface area contributed by atoms with Gasteiger partial charge in [-0.25, -0.2) is 0 Å². The number of carbonyl (C=O) groups excluding carboxylic acids is 1.